The second-order valence-electron chi connectivity index (χ2n) is 5.67. The number of aromatic nitrogens is 1. The van der Waals surface area contributed by atoms with Gasteiger partial charge in [0.1, 0.15) is 17.6 Å². The highest BCUT2D eigenvalue weighted by atomic mass is 19.1. The molecule has 0 amide bonds. The van der Waals surface area contributed by atoms with E-state index in [1.54, 1.807) is 25.1 Å². The molecule has 136 valence electrons. The zero-order chi connectivity index (χ0) is 19.6. The van der Waals surface area contributed by atoms with E-state index < -0.39 is 17.3 Å². The van der Waals surface area contributed by atoms with Crippen LogP contribution in [0.5, 0.6) is 5.75 Å². The molecule has 0 bridgehead atoms. The molecule has 0 saturated carbocycles. The molecule has 0 fully saturated rings. The van der Waals surface area contributed by atoms with Crippen LogP contribution >= 0.6 is 0 Å². The van der Waals surface area contributed by atoms with Crippen LogP contribution in [0, 0.1) is 17.1 Å². The number of methoxy groups -OCH3 is 1. The lowest BCUT2D eigenvalue weighted by molar-refractivity contribution is -0.144. The highest BCUT2D eigenvalue weighted by molar-refractivity contribution is 5.99. The number of nitriles is 1. The first-order valence-electron chi connectivity index (χ1n) is 8.14. The smallest absolute Gasteiger partial charge is 0.332 e. The van der Waals surface area contributed by atoms with E-state index in [-0.39, 0.29) is 23.1 Å². The van der Waals surface area contributed by atoms with Crippen molar-refractivity contribution in [3.63, 3.8) is 0 Å². The number of ether oxygens (including phenoxy) is 1. The Hall–Kier alpha value is -3.66. The van der Waals surface area contributed by atoms with Gasteiger partial charge >= 0.3 is 5.97 Å². The number of hydrogen-bond donors (Lipinski definition) is 0. The lowest BCUT2D eigenvalue weighted by Crippen LogP contribution is -2.33. The molecule has 1 aromatic heterocycles. The Morgan fingerprint density at radius 1 is 1.22 bits per heavy atom. The van der Waals surface area contributed by atoms with Gasteiger partial charge in [0.2, 0.25) is 0 Å². The van der Waals surface area contributed by atoms with Crippen molar-refractivity contribution < 1.29 is 18.8 Å². The van der Waals surface area contributed by atoms with Gasteiger partial charge in [-0.1, -0.05) is 19.1 Å². The van der Waals surface area contributed by atoms with E-state index in [0.29, 0.717) is 21.4 Å². The van der Waals surface area contributed by atoms with E-state index in [2.05, 4.69) is 0 Å². The third-order valence-corrected chi connectivity index (χ3v) is 4.05. The highest BCUT2D eigenvalue weighted by Crippen LogP contribution is 2.32. The van der Waals surface area contributed by atoms with Crippen LogP contribution in [0.2, 0.25) is 0 Å². The Labute approximate surface area is 153 Å². The second kappa shape index (κ2) is 7.30. The molecule has 3 rings (SSSR count). The number of carbonyl (C=O) groups excluding carboxylic acids is 1. The zero-order valence-corrected chi connectivity index (χ0v) is 14.7. The molecular weight excluding hydrogens is 351 g/mol. The fraction of sp³-hybridized carbons (Fsp3) is 0.150. The highest BCUT2D eigenvalue weighted by Gasteiger charge is 2.21. The summed E-state index contributed by atoms with van der Waals surface area (Å²) in [5, 5.41) is 10.3. The molecule has 0 unspecified atom stereocenters. The predicted octanol–water partition coefficient (Wildman–Crippen LogP) is 3.05. The van der Waals surface area contributed by atoms with E-state index in [1.165, 1.54) is 31.4 Å². The normalized spacial score (nSPS) is 10.4. The summed E-state index contributed by atoms with van der Waals surface area (Å²) in [7, 11) is 1.47. The summed E-state index contributed by atoms with van der Waals surface area (Å²) in [6.45, 7) is 1.57. The number of fused-ring (bicyclic) bond motifs is 1. The van der Waals surface area contributed by atoms with Crippen molar-refractivity contribution in [2.75, 3.05) is 7.11 Å². The van der Waals surface area contributed by atoms with E-state index in [0.717, 1.165) is 0 Å². The van der Waals surface area contributed by atoms with E-state index >= 15 is 0 Å². The molecule has 3 aromatic rings. The summed E-state index contributed by atoms with van der Waals surface area (Å²) in [6, 6.07) is 12.2. The Morgan fingerprint density at radius 2 is 2.00 bits per heavy atom. The minimum absolute atomic E-state index is 0.0211. The van der Waals surface area contributed by atoms with Crippen molar-refractivity contribution in [2.24, 2.45) is 0 Å². The fourth-order valence-corrected chi connectivity index (χ4v) is 2.77. The summed E-state index contributed by atoms with van der Waals surface area (Å²) in [4.78, 5) is 29.7. The first kappa shape index (κ1) is 18.1. The maximum absolute atomic E-state index is 13.8. The minimum atomic E-state index is -0.674. The van der Waals surface area contributed by atoms with Gasteiger partial charge in [-0.05, 0) is 35.9 Å². The Kier molecular flexibility index (Phi) is 4.90. The molecule has 0 aliphatic carbocycles. The maximum Gasteiger partial charge on any atom is 0.332 e. The number of pyridine rings is 1. The molecule has 6 nitrogen and oxygen atoms in total. The van der Waals surface area contributed by atoms with Gasteiger partial charge in [-0.2, -0.15) is 5.26 Å². The van der Waals surface area contributed by atoms with Crippen LogP contribution in [0.15, 0.2) is 47.3 Å². The largest absolute Gasteiger partial charge is 0.497 e. The molecule has 0 atom stereocenters. The molecule has 0 spiro atoms. The van der Waals surface area contributed by atoms with Crippen molar-refractivity contribution in [1.29, 1.82) is 5.26 Å². The lowest BCUT2D eigenvalue weighted by Gasteiger charge is -2.15. The van der Waals surface area contributed by atoms with Crippen molar-refractivity contribution in [3.8, 4) is 22.9 Å². The standard InChI is InChI=1S/C20H15FN2O4/c1-3-18(24)27-23-17(11-22)19(12-5-4-6-13(21)9-12)16-10-14(26-2)7-8-15(16)20(23)25/h4-10H,3H2,1-2H3. The summed E-state index contributed by atoms with van der Waals surface area (Å²) < 4.78 is 19.7. The molecule has 0 radical (unpaired) electrons. The van der Waals surface area contributed by atoms with Gasteiger partial charge in [-0.25, -0.2) is 9.18 Å². The van der Waals surface area contributed by atoms with Crippen molar-refractivity contribution in [3.05, 3.63) is 64.3 Å². The summed E-state index contributed by atoms with van der Waals surface area (Å²) in [5.41, 5.74) is -0.222. The van der Waals surface area contributed by atoms with E-state index in [4.69, 9.17) is 9.57 Å². The third kappa shape index (κ3) is 3.25. The molecule has 0 saturated heterocycles. The van der Waals surface area contributed by atoms with Gasteiger partial charge < -0.3 is 9.57 Å². The van der Waals surface area contributed by atoms with Gasteiger partial charge in [0.15, 0.2) is 5.69 Å². The van der Waals surface area contributed by atoms with Crippen molar-refractivity contribution >= 4 is 16.7 Å². The number of hydrogen-bond acceptors (Lipinski definition) is 5. The third-order valence-electron chi connectivity index (χ3n) is 4.05. The molecule has 0 N–H and O–H groups in total. The zero-order valence-electron chi connectivity index (χ0n) is 14.7. The van der Waals surface area contributed by atoms with Crippen molar-refractivity contribution in [1.82, 2.24) is 4.73 Å². The molecule has 2 aromatic carbocycles. The van der Waals surface area contributed by atoms with Crippen LogP contribution in [0.1, 0.15) is 19.0 Å². The van der Waals surface area contributed by atoms with E-state index in [1.807, 2.05) is 6.07 Å². The first-order valence-corrected chi connectivity index (χ1v) is 8.14. The molecule has 7 heteroatoms. The quantitative estimate of drug-likeness (QED) is 0.709. The van der Waals surface area contributed by atoms with Crippen LogP contribution in [0.3, 0.4) is 0 Å². The van der Waals surface area contributed by atoms with Gasteiger partial charge in [-0.3, -0.25) is 4.79 Å². The number of nitrogens with zero attached hydrogens (tertiary/aromatic N) is 2. The average Bonchev–Trinajstić information content (AvgIpc) is 2.69. The van der Waals surface area contributed by atoms with Gasteiger partial charge in [0.05, 0.1) is 12.5 Å². The van der Waals surface area contributed by atoms with Gasteiger partial charge in [0, 0.05) is 17.4 Å². The number of carbonyl (C=O) groups is 1. The van der Waals surface area contributed by atoms with Gasteiger partial charge in [0.25, 0.3) is 5.56 Å². The predicted molar refractivity (Wildman–Crippen MR) is 96.7 cm³/mol. The number of rotatable bonds is 4. The molecule has 0 aliphatic rings. The Balaban J connectivity index is 2.49. The SMILES string of the molecule is CCC(=O)On1c(C#N)c(-c2cccc(F)c2)c2cc(OC)ccc2c1=O. The molecule has 1 heterocycles. The topological polar surface area (TPSA) is 81.3 Å². The fourth-order valence-electron chi connectivity index (χ4n) is 2.77. The summed E-state index contributed by atoms with van der Waals surface area (Å²) in [5.74, 6) is -0.714. The van der Waals surface area contributed by atoms with Crippen LogP contribution in [-0.4, -0.2) is 17.8 Å². The molecule has 0 aliphatic heterocycles. The van der Waals surface area contributed by atoms with Crippen LogP contribution in [-0.2, 0) is 4.79 Å². The van der Waals surface area contributed by atoms with Crippen LogP contribution < -0.4 is 15.1 Å². The average molecular weight is 366 g/mol. The maximum atomic E-state index is 13.8. The monoisotopic (exact) mass is 366 g/mol. The molecule has 27 heavy (non-hydrogen) atoms. The number of halogens is 1. The first-order chi connectivity index (χ1) is 13.0. The summed E-state index contributed by atoms with van der Waals surface area (Å²) in [6.07, 6.45) is 0.0211. The lowest BCUT2D eigenvalue weighted by atomic mass is 9.97. The van der Waals surface area contributed by atoms with Gasteiger partial charge in [-0.15, -0.1) is 4.73 Å². The summed E-state index contributed by atoms with van der Waals surface area (Å²) >= 11 is 0. The van der Waals surface area contributed by atoms with Crippen LogP contribution in [0.25, 0.3) is 21.9 Å². The van der Waals surface area contributed by atoms with Crippen LogP contribution in [0.4, 0.5) is 4.39 Å². The van der Waals surface area contributed by atoms with E-state index in [9.17, 15) is 19.2 Å². The minimum Gasteiger partial charge on any atom is -0.497 e. The second-order valence-corrected chi connectivity index (χ2v) is 5.67. The number of benzene rings is 2. The molecular formula is C20H15FN2O4. The van der Waals surface area contributed by atoms with Crippen molar-refractivity contribution in [2.45, 2.75) is 13.3 Å². The Bertz CT molecular complexity index is 1150. The Morgan fingerprint density at radius 3 is 2.63 bits per heavy atom.